The molecule has 0 aromatic carbocycles. The quantitative estimate of drug-likeness (QED) is 0.677. The summed E-state index contributed by atoms with van der Waals surface area (Å²) in [5.74, 6) is 0. The van der Waals surface area contributed by atoms with Gasteiger partial charge in [0.2, 0.25) is 0 Å². The second kappa shape index (κ2) is 6.69. The minimum Gasteiger partial charge on any atom is -0.383 e. The Hall–Kier alpha value is -0.160. The molecule has 1 unspecified atom stereocenters. The summed E-state index contributed by atoms with van der Waals surface area (Å²) in [6.07, 6.45) is 4.04. The normalized spacial score (nSPS) is 20.6. The number of nitrogens with one attached hydrogen (secondary N) is 1. The van der Waals surface area contributed by atoms with Gasteiger partial charge in [0.15, 0.2) is 0 Å². The van der Waals surface area contributed by atoms with Crippen molar-refractivity contribution >= 4 is 0 Å². The molecule has 0 radical (unpaired) electrons. The molecular formula is C13H29N3O. The van der Waals surface area contributed by atoms with Gasteiger partial charge >= 0.3 is 0 Å². The minimum atomic E-state index is 0.417. The summed E-state index contributed by atoms with van der Waals surface area (Å²) in [7, 11) is 10.4. The molecule has 1 atom stereocenters. The molecule has 0 heterocycles. The average molecular weight is 243 g/mol. The molecule has 0 spiro atoms. The van der Waals surface area contributed by atoms with Crippen molar-refractivity contribution in [3.05, 3.63) is 0 Å². The summed E-state index contributed by atoms with van der Waals surface area (Å²) in [5.41, 5.74) is 0.417. The van der Waals surface area contributed by atoms with Crippen LogP contribution in [0.3, 0.4) is 0 Å². The van der Waals surface area contributed by atoms with Crippen LogP contribution in [0.5, 0.6) is 0 Å². The molecule has 0 aromatic heterocycles. The molecule has 1 saturated carbocycles. The summed E-state index contributed by atoms with van der Waals surface area (Å²) in [4.78, 5) is 4.83. The summed E-state index contributed by atoms with van der Waals surface area (Å²) >= 11 is 0. The molecule has 17 heavy (non-hydrogen) atoms. The van der Waals surface area contributed by atoms with Crippen LogP contribution in [0, 0.1) is 0 Å². The maximum Gasteiger partial charge on any atom is 0.0628 e. The predicted octanol–water partition coefficient (Wildman–Crippen LogP) is 0.637. The summed E-state index contributed by atoms with van der Waals surface area (Å²) in [6, 6.07) is 0.421. The van der Waals surface area contributed by atoms with Crippen LogP contribution in [0.4, 0.5) is 0 Å². The molecule has 0 saturated heterocycles. The monoisotopic (exact) mass is 243 g/mol. The highest BCUT2D eigenvalue weighted by Crippen LogP contribution is 2.36. The van der Waals surface area contributed by atoms with Crippen molar-refractivity contribution in [1.29, 1.82) is 0 Å². The smallest absolute Gasteiger partial charge is 0.0628 e. The van der Waals surface area contributed by atoms with Crippen molar-refractivity contribution < 1.29 is 4.74 Å². The number of ether oxygens (including phenoxy) is 1. The van der Waals surface area contributed by atoms with Crippen molar-refractivity contribution in [3.63, 3.8) is 0 Å². The van der Waals surface area contributed by atoms with Crippen LogP contribution in [0.2, 0.25) is 0 Å². The standard InChI is InChI=1S/C13H29N3O/c1-14-12(10-17-5)9-16(4)11-13(15(2)3)7-6-8-13/h12,14H,6-11H2,1-5H3. The molecule has 4 nitrogen and oxygen atoms in total. The van der Waals surface area contributed by atoms with E-state index in [1.807, 2.05) is 7.05 Å². The van der Waals surface area contributed by atoms with Gasteiger partial charge in [0.05, 0.1) is 6.61 Å². The van der Waals surface area contributed by atoms with Crippen LogP contribution in [0.25, 0.3) is 0 Å². The second-order valence-electron chi connectivity index (χ2n) is 5.61. The molecule has 0 aromatic rings. The highest BCUT2D eigenvalue weighted by molar-refractivity contribution is 4.98. The van der Waals surface area contributed by atoms with E-state index in [9.17, 15) is 0 Å². The number of rotatable bonds is 8. The van der Waals surface area contributed by atoms with E-state index in [0.717, 1.165) is 19.7 Å². The van der Waals surface area contributed by atoms with Gasteiger partial charge in [-0.1, -0.05) is 0 Å². The Morgan fingerprint density at radius 1 is 1.29 bits per heavy atom. The van der Waals surface area contributed by atoms with E-state index in [1.54, 1.807) is 7.11 Å². The fourth-order valence-corrected chi connectivity index (χ4v) is 2.70. The third-order valence-corrected chi connectivity index (χ3v) is 4.11. The van der Waals surface area contributed by atoms with Crippen LogP contribution >= 0.6 is 0 Å². The second-order valence-corrected chi connectivity index (χ2v) is 5.61. The maximum atomic E-state index is 5.21. The molecular weight excluding hydrogens is 214 g/mol. The first kappa shape index (κ1) is 14.9. The molecule has 0 amide bonds. The van der Waals surface area contributed by atoms with Crippen molar-refractivity contribution in [3.8, 4) is 0 Å². The lowest BCUT2D eigenvalue weighted by Gasteiger charge is -2.49. The highest BCUT2D eigenvalue weighted by Gasteiger charge is 2.39. The van der Waals surface area contributed by atoms with Crippen LogP contribution in [0.1, 0.15) is 19.3 Å². The van der Waals surface area contributed by atoms with Crippen molar-refractivity contribution in [2.24, 2.45) is 0 Å². The summed E-state index contributed by atoms with van der Waals surface area (Å²) in [6.45, 7) is 2.97. The Balaban J connectivity index is 2.39. The molecule has 4 heteroatoms. The van der Waals surface area contributed by atoms with Crippen LogP contribution in [0.15, 0.2) is 0 Å². The zero-order valence-corrected chi connectivity index (χ0v) is 12.1. The maximum absolute atomic E-state index is 5.21. The zero-order valence-electron chi connectivity index (χ0n) is 12.1. The molecule has 1 fully saturated rings. The Bertz CT molecular complexity index is 217. The van der Waals surface area contributed by atoms with E-state index in [0.29, 0.717) is 11.6 Å². The molecule has 0 bridgehead atoms. The lowest BCUT2D eigenvalue weighted by molar-refractivity contribution is 0.0229. The van der Waals surface area contributed by atoms with Crippen LogP contribution < -0.4 is 5.32 Å². The topological polar surface area (TPSA) is 27.7 Å². The summed E-state index contributed by atoms with van der Waals surface area (Å²) < 4.78 is 5.21. The van der Waals surface area contributed by atoms with E-state index in [2.05, 4.69) is 36.3 Å². The summed E-state index contributed by atoms with van der Waals surface area (Å²) in [5, 5.41) is 3.30. The Kier molecular flexibility index (Phi) is 5.86. The van der Waals surface area contributed by atoms with Gasteiger partial charge in [0.25, 0.3) is 0 Å². The van der Waals surface area contributed by atoms with Gasteiger partial charge in [-0.05, 0) is 47.5 Å². The van der Waals surface area contributed by atoms with Gasteiger partial charge in [0, 0.05) is 31.8 Å². The third kappa shape index (κ3) is 3.91. The number of hydrogen-bond donors (Lipinski definition) is 1. The fraction of sp³-hybridized carbons (Fsp3) is 1.00. The molecule has 102 valence electrons. The van der Waals surface area contributed by atoms with Gasteiger partial charge in [-0.3, -0.25) is 0 Å². The SMILES string of the molecule is CNC(COC)CN(C)CC1(N(C)C)CCC1. The number of likely N-dealkylation sites (N-methyl/N-ethyl adjacent to an activating group) is 3. The lowest BCUT2D eigenvalue weighted by Crippen LogP contribution is -2.58. The number of methoxy groups -OCH3 is 1. The highest BCUT2D eigenvalue weighted by atomic mass is 16.5. The Morgan fingerprint density at radius 2 is 1.94 bits per heavy atom. The Morgan fingerprint density at radius 3 is 2.29 bits per heavy atom. The van der Waals surface area contributed by atoms with Crippen LogP contribution in [-0.2, 0) is 4.74 Å². The Labute approximate surface area is 106 Å². The van der Waals surface area contributed by atoms with Crippen molar-refractivity contribution in [1.82, 2.24) is 15.1 Å². The van der Waals surface area contributed by atoms with Crippen LogP contribution in [-0.4, -0.2) is 76.4 Å². The van der Waals surface area contributed by atoms with Gasteiger partial charge in [-0.25, -0.2) is 0 Å². The molecule has 1 rings (SSSR count). The first-order valence-electron chi connectivity index (χ1n) is 6.56. The average Bonchev–Trinajstić information content (AvgIpc) is 2.22. The molecule has 1 aliphatic carbocycles. The van der Waals surface area contributed by atoms with Gasteiger partial charge < -0.3 is 19.9 Å². The predicted molar refractivity (Wildman–Crippen MR) is 72.5 cm³/mol. The van der Waals surface area contributed by atoms with Crippen molar-refractivity contribution in [2.45, 2.75) is 30.8 Å². The van der Waals surface area contributed by atoms with Gasteiger partial charge in [-0.2, -0.15) is 0 Å². The molecule has 1 aliphatic rings. The van der Waals surface area contributed by atoms with Gasteiger partial charge in [0.1, 0.15) is 0 Å². The van der Waals surface area contributed by atoms with Gasteiger partial charge in [-0.15, -0.1) is 0 Å². The van der Waals surface area contributed by atoms with E-state index < -0.39 is 0 Å². The lowest BCUT2D eigenvalue weighted by atomic mass is 9.75. The largest absolute Gasteiger partial charge is 0.383 e. The first-order chi connectivity index (χ1) is 8.04. The third-order valence-electron chi connectivity index (χ3n) is 4.11. The van der Waals surface area contributed by atoms with E-state index in [-0.39, 0.29) is 0 Å². The molecule has 0 aliphatic heterocycles. The molecule has 1 N–H and O–H groups in total. The first-order valence-corrected chi connectivity index (χ1v) is 6.56. The minimum absolute atomic E-state index is 0.417. The van der Waals surface area contributed by atoms with Crippen molar-refractivity contribution in [2.75, 3.05) is 55.0 Å². The zero-order chi connectivity index (χ0) is 12.9. The fourth-order valence-electron chi connectivity index (χ4n) is 2.70. The number of nitrogens with zero attached hydrogens (tertiary/aromatic N) is 2. The van der Waals surface area contributed by atoms with E-state index in [4.69, 9.17) is 4.74 Å². The van der Waals surface area contributed by atoms with E-state index >= 15 is 0 Å². The van der Waals surface area contributed by atoms with E-state index in [1.165, 1.54) is 19.3 Å². The number of hydrogen-bond acceptors (Lipinski definition) is 4.